The third kappa shape index (κ3) is 1.47. The van der Waals surface area contributed by atoms with E-state index in [9.17, 15) is 4.39 Å². The SMILES string of the molecule is C[C@@H]1O[C@H](CO)C[C@@H]1CF. The van der Waals surface area contributed by atoms with Crippen LogP contribution in [0.25, 0.3) is 0 Å². The maximum atomic E-state index is 12.1. The van der Waals surface area contributed by atoms with Crippen LogP contribution in [-0.4, -0.2) is 30.6 Å². The number of halogens is 1. The van der Waals surface area contributed by atoms with Gasteiger partial charge in [0.1, 0.15) is 0 Å². The Morgan fingerprint density at radius 3 is 2.70 bits per heavy atom. The molecule has 3 atom stereocenters. The molecule has 0 amide bonds. The predicted octanol–water partition coefficient (Wildman–Crippen LogP) is 0.742. The van der Waals surface area contributed by atoms with E-state index in [0.717, 1.165) is 0 Å². The third-order valence-corrected chi connectivity index (χ3v) is 2.04. The molecule has 0 spiro atoms. The second kappa shape index (κ2) is 3.30. The van der Waals surface area contributed by atoms with E-state index < -0.39 is 0 Å². The molecule has 0 saturated carbocycles. The lowest BCUT2D eigenvalue weighted by Gasteiger charge is -2.07. The van der Waals surface area contributed by atoms with Gasteiger partial charge in [0.25, 0.3) is 0 Å². The number of alkyl halides is 1. The van der Waals surface area contributed by atoms with Crippen LogP contribution in [0.2, 0.25) is 0 Å². The van der Waals surface area contributed by atoms with E-state index in [1.165, 1.54) is 0 Å². The molecule has 1 fully saturated rings. The molecular weight excluding hydrogens is 135 g/mol. The standard InChI is InChI=1S/C7H13FO2/c1-5-6(3-8)2-7(4-9)10-5/h5-7,9H,2-4H2,1H3/t5-,6+,7-/m0/s1. The van der Waals surface area contributed by atoms with Crippen molar-refractivity contribution >= 4 is 0 Å². The van der Waals surface area contributed by atoms with E-state index in [2.05, 4.69) is 0 Å². The summed E-state index contributed by atoms with van der Waals surface area (Å²) in [5.74, 6) is -0.00264. The number of aliphatic hydroxyl groups excluding tert-OH is 1. The van der Waals surface area contributed by atoms with Gasteiger partial charge in [-0.25, -0.2) is 0 Å². The lowest BCUT2D eigenvalue weighted by molar-refractivity contribution is 0.0125. The first-order valence-electron chi connectivity index (χ1n) is 3.60. The van der Waals surface area contributed by atoms with Crippen molar-refractivity contribution in [1.82, 2.24) is 0 Å². The molecule has 0 unspecified atom stereocenters. The van der Waals surface area contributed by atoms with Gasteiger partial charge in [-0.2, -0.15) is 0 Å². The zero-order valence-corrected chi connectivity index (χ0v) is 6.09. The van der Waals surface area contributed by atoms with E-state index in [1.54, 1.807) is 0 Å². The van der Waals surface area contributed by atoms with Crippen molar-refractivity contribution in [2.45, 2.75) is 25.6 Å². The molecule has 1 N–H and O–H groups in total. The van der Waals surface area contributed by atoms with Crippen LogP contribution in [0, 0.1) is 5.92 Å². The van der Waals surface area contributed by atoms with Crippen LogP contribution in [0.1, 0.15) is 13.3 Å². The summed E-state index contributed by atoms with van der Waals surface area (Å²) in [5, 5.41) is 8.65. The minimum Gasteiger partial charge on any atom is -0.394 e. The number of hydrogen-bond donors (Lipinski definition) is 1. The van der Waals surface area contributed by atoms with Gasteiger partial charge in [-0.05, 0) is 13.3 Å². The Balaban J connectivity index is 2.36. The molecule has 3 heteroatoms. The Labute approximate surface area is 60.0 Å². The lowest BCUT2D eigenvalue weighted by atomic mass is 10.0. The van der Waals surface area contributed by atoms with E-state index in [4.69, 9.17) is 9.84 Å². The molecule has 0 aliphatic carbocycles. The van der Waals surface area contributed by atoms with Crippen molar-refractivity contribution in [3.05, 3.63) is 0 Å². The van der Waals surface area contributed by atoms with Gasteiger partial charge in [-0.3, -0.25) is 4.39 Å². The predicted molar refractivity (Wildman–Crippen MR) is 35.5 cm³/mol. The van der Waals surface area contributed by atoms with Crippen molar-refractivity contribution in [2.24, 2.45) is 5.92 Å². The summed E-state index contributed by atoms with van der Waals surface area (Å²) >= 11 is 0. The van der Waals surface area contributed by atoms with Crippen molar-refractivity contribution in [2.75, 3.05) is 13.3 Å². The average Bonchev–Trinajstić information content (AvgIpc) is 2.30. The van der Waals surface area contributed by atoms with E-state index in [1.807, 2.05) is 6.92 Å². The molecule has 1 rings (SSSR count). The van der Waals surface area contributed by atoms with Crippen LogP contribution in [0.3, 0.4) is 0 Å². The molecule has 0 bridgehead atoms. The molecule has 60 valence electrons. The van der Waals surface area contributed by atoms with Crippen LogP contribution in [0.15, 0.2) is 0 Å². The van der Waals surface area contributed by atoms with Crippen LogP contribution < -0.4 is 0 Å². The molecule has 1 heterocycles. The Morgan fingerprint density at radius 1 is 1.70 bits per heavy atom. The normalized spacial score (nSPS) is 40.5. The molecule has 0 aromatic heterocycles. The van der Waals surface area contributed by atoms with Crippen LogP contribution >= 0.6 is 0 Å². The summed E-state index contributed by atoms with van der Waals surface area (Å²) in [6, 6.07) is 0. The molecule has 0 aromatic rings. The summed E-state index contributed by atoms with van der Waals surface area (Å²) in [5.41, 5.74) is 0. The molecular formula is C7H13FO2. The summed E-state index contributed by atoms with van der Waals surface area (Å²) in [6.45, 7) is 1.53. The van der Waals surface area contributed by atoms with Gasteiger partial charge >= 0.3 is 0 Å². The Hall–Kier alpha value is -0.150. The van der Waals surface area contributed by atoms with E-state index in [-0.39, 0.29) is 31.4 Å². The first-order chi connectivity index (χ1) is 4.77. The smallest absolute Gasteiger partial charge is 0.0948 e. The molecule has 10 heavy (non-hydrogen) atoms. The zero-order chi connectivity index (χ0) is 7.56. The monoisotopic (exact) mass is 148 g/mol. The summed E-state index contributed by atoms with van der Waals surface area (Å²) < 4.78 is 17.3. The fraction of sp³-hybridized carbons (Fsp3) is 1.00. The molecule has 1 saturated heterocycles. The zero-order valence-electron chi connectivity index (χ0n) is 6.09. The van der Waals surface area contributed by atoms with Crippen molar-refractivity contribution < 1.29 is 14.2 Å². The minimum atomic E-state index is -0.336. The first kappa shape index (κ1) is 7.95. The van der Waals surface area contributed by atoms with Gasteiger partial charge in [0, 0.05) is 5.92 Å². The highest BCUT2D eigenvalue weighted by Gasteiger charge is 2.31. The molecule has 2 nitrogen and oxygen atoms in total. The minimum absolute atomic E-state index is 0.00264. The summed E-state index contributed by atoms with van der Waals surface area (Å²) in [6.07, 6.45) is 0.506. The van der Waals surface area contributed by atoms with E-state index in [0.29, 0.717) is 6.42 Å². The summed E-state index contributed by atoms with van der Waals surface area (Å²) in [4.78, 5) is 0. The van der Waals surface area contributed by atoms with Gasteiger partial charge in [-0.15, -0.1) is 0 Å². The Morgan fingerprint density at radius 2 is 2.40 bits per heavy atom. The topological polar surface area (TPSA) is 29.5 Å². The molecule has 0 aromatic carbocycles. The third-order valence-electron chi connectivity index (χ3n) is 2.04. The maximum absolute atomic E-state index is 12.1. The van der Waals surface area contributed by atoms with Crippen molar-refractivity contribution in [3.63, 3.8) is 0 Å². The number of rotatable bonds is 2. The lowest BCUT2D eigenvalue weighted by Crippen LogP contribution is -2.13. The molecule has 1 aliphatic heterocycles. The quantitative estimate of drug-likeness (QED) is 0.626. The maximum Gasteiger partial charge on any atom is 0.0948 e. The van der Waals surface area contributed by atoms with Gasteiger partial charge in [0.05, 0.1) is 25.5 Å². The van der Waals surface area contributed by atoms with Gasteiger partial charge in [0.2, 0.25) is 0 Å². The highest BCUT2D eigenvalue weighted by molar-refractivity contribution is 4.78. The largest absolute Gasteiger partial charge is 0.394 e. The Kier molecular flexibility index (Phi) is 2.63. The highest BCUT2D eigenvalue weighted by atomic mass is 19.1. The van der Waals surface area contributed by atoms with Crippen LogP contribution in [0.4, 0.5) is 4.39 Å². The number of ether oxygens (including phenoxy) is 1. The van der Waals surface area contributed by atoms with Crippen molar-refractivity contribution in [1.29, 1.82) is 0 Å². The first-order valence-corrected chi connectivity index (χ1v) is 3.60. The average molecular weight is 148 g/mol. The van der Waals surface area contributed by atoms with Crippen molar-refractivity contribution in [3.8, 4) is 0 Å². The van der Waals surface area contributed by atoms with Crippen LogP contribution in [0.5, 0.6) is 0 Å². The van der Waals surface area contributed by atoms with E-state index >= 15 is 0 Å². The van der Waals surface area contributed by atoms with Gasteiger partial charge in [-0.1, -0.05) is 0 Å². The fourth-order valence-corrected chi connectivity index (χ4v) is 1.31. The Bertz CT molecular complexity index is 108. The number of hydrogen-bond acceptors (Lipinski definition) is 2. The van der Waals surface area contributed by atoms with Gasteiger partial charge in [0.15, 0.2) is 0 Å². The summed E-state index contributed by atoms with van der Waals surface area (Å²) in [7, 11) is 0. The fourth-order valence-electron chi connectivity index (χ4n) is 1.31. The highest BCUT2D eigenvalue weighted by Crippen LogP contribution is 2.25. The molecule has 1 aliphatic rings. The second-order valence-corrected chi connectivity index (χ2v) is 2.80. The molecule has 0 radical (unpaired) electrons. The van der Waals surface area contributed by atoms with Crippen LogP contribution in [-0.2, 0) is 4.74 Å². The van der Waals surface area contributed by atoms with Gasteiger partial charge < -0.3 is 9.84 Å². The second-order valence-electron chi connectivity index (χ2n) is 2.80. The number of aliphatic hydroxyl groups is 1.